The number of benzene rings is 1. The molecule has 2 atom stereocenters. The van der Waals surface area contributed by atoms with E-state index in [0.29, 0.717) is 18.4 Å². The third-order valence-electron chi connectivity index (χ3n) is 6.34. The van der Waals surface area contributed by atoms with Crippen molar-refractivity contribution in [3.8, 4) is 0 Å². The van der Waals surface area contributed by atoms with Gasteiger partial charge in [0.05, 0.1) is 19.8 Å². The van der Waals surface area contributed by atoms with Gasteiger partial charge in [-0.15, -0.1) is 0 Å². The summed E-state index contributed by atoms with van der Waals surface area (Å²) in [6, 6.07) is 15.1. The van der Waals surface area contributed by atoms with Gasteiger partial charge in [-0.2, -0.15) is 0 Å². The van der Waals surface area contributed by atoms with Gasteiger partial charge in [0, 0.05) is 44.5 Å². The minimum Gasteiger partial charge on any atom is -0.378 e. The number of morpholine rings is 1. The molecule has 0 amide bonds. The van der Waals surface area contributed by atoms with Gasteiger partial charge in [0.2, 0.25) is 0 Å². The summed E-state index contributed by atoms with van der Waals surface area (Å²) in [4.78, 5) is 14.4. The maximum atomic E-state index is 5.51. The number of pyridine rings is 1. The summed E-state index contributed by atoms with van der Waals surface area (Å²) in [5.41, 5.74) is 2.63. The molecule has 4 rings (SSSR count). The Morgan fingerprint density at radius 1 is 1.13 bits per heavy atom. The zero-order valence-corrected chi connectivity index (χ0v) is 18.8. The second kappa shape index (κ2) is 10.6. The van der Waals surface area contributed by atoms with Gasteiger partial charge in [-0.3, -0.25) is 0 Å². The molecule has 6 nitrogen and oxygen atoms in total. The molecule has 2 aliphatic rings. The molecule has 0 spiro atoms. The number of likely N-dealkylation sites (tertiary alicyclic amines) is 1. The number of nitrogens with one attached hydrogen (secondary N) is 1. The van der Waals surface area contributed by atoms with Crippen molar-refractivity contribution in [3.05, 3.63) is 59.8 Å². The fourth-order valence-corrected chi connectivity index (χ4v) is 4.73. The molecule has 6 heteroatoms. The van der Waals surface area contributed by atoms with E-state index >= 15 is 0 Å². The van der Waals surface area contributed by atoms with Gasteiger partial charge in [-0.05, 0) is 36.8 Å². The van der Waals surface area contributed by atoms with Crippen molar-refractivity contribution < 1.29 is 4.74 Å². The van der Waals surface area contributed by atoms with Crippen LogP contribution in [0.15, 0.2) is 53.7 Å². The molecule has 0 bridgehead atoms. The first-order valence-corrected chi connectivity index (χ1v) is 11.6. The molecular formula is C25H35N5O. The number of aliphatic imine (C=N–C) groups is 1. The number of hydrogen-bond acceptors (Lipinski definition) is 4. The highest BCUT2D eigenvalue weighted by atomic mass is 16.5. The fourth-order valence-electron chi connectivity index (χ4n) is 4.73. The summed E-state index contributed by atoms with van der Waals surface area (Å²) in [6.45, 7) is 11.4. The van der Waals surface area contributed by atoms with Gasteiger partial charge in [0.15, 0.2) is 5.96 Å². The van der Waals surface area contributed by atoms with Crippen molar-refractivity contribution in [3.63, 3.8) is 0 Å². The molecule has 166 valence electrons. The second-order valence-electron chi connectivity index (χ2n) is 8.48. The Morgan fingerprint density at radius 3 is 2.68 bits per heavy atom. The maximum absolute atomic E-state index is 5.51. The average Bonchev–Trinajstić information content (AvgIpc) is 2.83. The summed E-state index contributed by atoms with van der Waals surface area (Å²) in [5, 5.41) is 3.52. The summed E-state index contributed by atoms with van der Waals surface area (Å²) in [6.07, 6.45) is 3.03. The molecule has 2 aromatic rings. The highest BCUT2D eigenvalue weighted by Crippen LogP contribution is 2.32. The van der Waals surface area contributed by atoms with E-state index in [4.69, 9.17) is 9.73 Å². The molecule has 2 fully saturated rings. The lowest BCUT2D eigenvalue weighted by atomic mass is 9.82. The van der Waals surface area contributed by atoms with E-state index < -0.39 is 0 Å². The Balaban J connectivity index is 1.46. The van der Waals surface area contributed by atoms with Gasteiger partial charge in [-0.25, -0.2) is 9.98 Å². The van der Waals surface area contributed by atoms with Crippen molar-refractivity contribution in [2.24, 2.45) is 10.9 Å². The number of aromatic nitrogens is 1. The quantitative estimate of drug-likeness (QED) is 0.591. The van der Waals surface area contributed by atoms with Crippen LogP contribution < -0.4 is 10.2 Å². The Bertz CT molecular complexity index is 850. The number of guanidine groups is 1. The standard InChI is InChI=1S/C25H35N5O/c1-3-26-25(30-13-11-23(20(2)19-30)21-8-5-4-6-9-21)28-18-22-10-7-12-27-24(22)29-14-16-31-17-15-29/h4-10,12,20,23H,3,11,13-19H2,1-2H3,(H,26,28). The smallest absolute Gasteiger partial charge is 0.194 e. The summed E-state index contributed by atoms with van der Waals surface area (Å²) in [7, 11) is 0. The van der Waals surface area contributed by atoms with Gasteiger partial charge >= 0.3 is 0 Å². The zero-order valence-electron chi connectivity index (χ0n) is 18.8. The first-order chi connectivity index (χ1) is 15.3. The molecule has 2 unspecified atom stereocenters. The van der Waals surface area contributed by atoms with Crippen LogP contribution in [0.3, 0.4) is 0 Å². The molecule has 1 aromatic carbocycles. The van der Waals surface area contributed by atoms with Crippen molar-refractivity contribution >= 4 is 11.8 Å². The molecule has 2 aliphatic heterocycles. The minimum atomic E-state index is 0.585. The highest BCUT2D eigenvalue weighted by molar-refractivity contribution is 5.80. The molecule has 2 saturated heterocycles. The predicted molar refractivity (Wildman–Crippen MR) is 127 cm³/mol. The highest BCUT2D eigenvalue weighted by Gasteiger charge is 2.28. The van der Waals surface area contributed by atoms with Crippen LogP contribution in [0.4, 0.5) is 5.82 Å². The topological polar surface area (TPSA) is 53.0 Å². The lowest BCUT2D eigenvalue weighted by Gasteiger charge is -2.39. The number of piperidine rings is 1. The van der Waals surface area contributed by atoms with Crippen molar-refractivity contribution in [2.75, 3.05) is 50.8 Å². The van der Waals surface area contributed by atoms with Crippen LogP contribution in [0.25, 0.3) is 0 Å². The first-order valence-electron chi connectivity index (χ1n) is 11.6. The Labute approximate surface area is 186 Å². The number of anilines is 1. The van der Waals surface area contributed by atoms with E-state index in [1.165, 1.54) is 11.1 Å². The molecule has 0 aliphatic carbocycles. The fraction of sp³-hybridized carbons (Fsp3) is 0.520. The SMILES string of the molecule is CCNC(=NCc1cccnc1N1CCOCC1)N1CCC(c2ccccc2)C(C)C1. The third kappa shape index (κ3) is 5.37. The molecule has 31 heavy (non-hydrogen) atoms. The van der Waals surface area contributed by atoms with E-state index in [-0.39, 0.29) is 0 Å². The summed E-state index contributed by atoms with van der Waals surface area (Å²) >= 11 is 0. The van der Waals surface area contributed by atoms with Crippen molar-refractivity contribution in [1.82, 2.24) is 15.2 Å². The Hall–Kier alpha value is -2.60. The largest absolute Gasteiger partial charge is 0.378 e. The molecule has 1 N–H and O–H groups in total. The number of nitrogens with zero attached hydrogens (tertiary/aromatic N) is 4. The van der Waals surface area contributed by atoms with Crippen LogP contribution in [-0.4, -0.2) is 61.8 Å². The van der Waals surface area contributed by atoms with Gasteiger partial charge in [0.25, 0.3) is 0 Å². The Morgan fingerprint density at radius 2 is 1.94 bits per heavy atom. The van der Waals surface area contributed by atoms with Gasteiger partial charge in [-0.1, -0.05) is 43.3 Å². The van der Waals surface area contributed by atoms with Gasteiger partial charge in [0.1, 0.15) is 5.82 Å². The third-order valence-corrected chi connectivity index (χ3v) is 6.34. The van der Waals surface area contributed by atoms with E-state index in [1.807, 2.05) is 12.3 Å². The van der Waals surface area contributed by atoms with Crippen LogP contribution in [0.5, 0.6) is 0 Å². The molecule has 0 radical (unpaired) electrons. The second-order valence-corrected chi connectivity index (χ2v) is 8.48. The monoisotopic (exact) mass is 421 g/mol. The number of hydrogen-bond donors (Lipinski definition) is 1. The number of ether oxygens (including phenoxy) is 1. The molecule has 0 saturated carbocycles. The van der Waals surface area contributed by atoms with E-state index in [0.717, 1.165) is 64.1 Å². The van der Waals surface area contributed by atoms with E-state index in [2.05, 4.69) is 70.3 Å². The zero-order chi connectivity index (χ0) is 21.5. The van der Waals surface area contributed by atoms with Crippen LogP contribution in [0, 0.1) is 5.92 Å². The van der Waals surface area contributed by atoms with E-state index in [1.54, 1.807) is 0 Å². The summed E-state index contributed by atoms with van der Waals surface area (Å²) in [5.74, 6) is 3.26. The van der Waals surface area contributed by atoms with E-state index in [9.17, 15) is 0 Å². The van der Waals surface area contributed by atoms with Crippen LogP contribution >= 0.6 is 0 Å². The van der Waals surface area contributed by atoms with Crippen LogP contribution in [0.2, 0.25) is 0 Å². The number of rotatable bonds is 5. The maximum Gasteiger partial charge on any atom is 0.194 e. The molecule has 1 aromatic heterocycles. The van der Waals surface area contributed by atoms with Crippen LogP contribution in [0.1, 0.15) is 37.3 Å². The normalized spacial score (nSPS) is 22.5. The molecule has 3 heterocycles. The van der Waals surface area contributed by atoms with Crippen molar-refractivity contribution in [1.29, 1.82) is 0 Å². The lowest BCUT2D eigenvalue weighted by Crippen LogP contribution is -2.48. The van der Waals surface area contributed by atoms with Crippen LogP contribution in [-0.2, 0) is 11.3 Å². The first kappa shape index (κ1) is 21.6. The van der Waals surface area contributed by atoms with Crippen molar-refractivity contribution in [2.45, 2.75) is 32.7 Å². The van der Waals surface area contributed by atoms with Gasteiger partial charge < -0.3 is 19.9 Å². The lowest BCUT2D eigenvalue weighted by molar-refractivity contribution is 0.122. The minimum absolute atomic E-state index is 0.585. The molecular weight excluding hydrogens is 386 g/mol. The average molecular weight is 422 g/mol. The predicted octanol–water partition coefficient (Wildman–Crippen LogP) is 3.51. The Kier molecular flexibility index (Phi) is 7.41. The summed E-state index contributed by atoms with van der Waals surface area (Å²) < 4.78 is 5.51.